The molecule has 0 bridgehead atoms. The van der Waals surface area contributed by atoms with Gasteiger partial charge in [0.1, 0.15) is 12.4 Å². The normalized spacial score (nSPS) is 11.4. The Labute approximate surface area is 161 Å². The van der Waals surface area contributed by atoms with Gasteiger partial charge in [-0.05, 0) is 63.1 Å². The fraction of sp³-hybridized carbons (Fsp3) is 0.350. The molecular weight excluding hydrogens is 364 g/mol. The van der Waals surface area contributed by atoms with Crippen molar-refractivity contribution >= 4 is 15.9 Å². The first-order valence-corrected chi connectivity index (χ1v) is 10.3. The molecule has 0 spiro atoms. The molecule has 7 heteroatoms. The van der Waals surface area contributed by atoms with Gasteiger partial charge in [-0.3, -0.25) is 4.79 Å². The van der Waals surface area contributed by atoms with Gasteiger partial charge in [-0.15, -0.1) is 0 Å². The molecule has 2 rings (SSSR count). The molecule has 0 atom stereocenters. The maximum atomic E-state index is 12.2. The summed E-state index contributed by atoms with van der Waals surface area (Å²) < 4.78 is 32.5. The number of carbonyl (C=O) groups excluding carboxylic acids is 1. The predicted octanol–water partition coefficient (Wildman–Crippen LogP) is 2.80. The van der Waals surface area contributed by atoms with E-state index in [1.165, 1.54) is 24.3 Å². The second-order valence-corrected chi connectivity index (χ2v) is 8.34. The van der Waals surface area contributed by atoms with Crippen molar-refractivity contribution in [3.8, 4) is 5.75 Å². The highest BCUT2D eigenvalue weighted by Crippen LogP contribution is 2.21. The van der Waals surface area contributed by atoms with Gasteiger partial charge < -0.3 is 10.1 Å². The summed E-state index contributed by atoms with van der Waals surface area (Å²) in [5.41, 5.74) is 2.49. The molecule has 146 valence electrons. The van der Waals surface area contributed by atoms with Gasteiger partial charge >= 0.3 is 0 Å². The molecular formula is C20H26N2O4S. The Bertz CT molecular complexity index is 870. The van der Waals surface area contributed by atoms with E-state index in [1.54, 1.807) is 13.8 Å². The summed E-state index contributed by atoms with van der Waals surface area (Å²) in [5, 5.41) is 2.77. The molecule has 0 aromatic heterocycles. The van der Waals surface area contributed by atoms with Crippen molar-refractivity contribution in [2.75, 3.05) is 13.2 Å². The maximum absolute atomic E-state index is 12.2. The van der Waals surface area contributed by atoms with E-state index in [0.717, 1.165) is 16.9 Å². The lowest BCUT2D eigenvalue weighted by atomic mass is 10.1. The Kier molecular flexibility index (Phi) is 6.98. The monoisotopic (exact) mass is 390 g/mol. The Balaban J connectivity index is 1.89. The fourth-order valence-corrected chi connectivity index (χ4v) is 3.86. The van der Waals surface area contributed by atoms with Crippen molar-refractivity contribution in [3.63, 3.8) is 0 Å². The maximum Gasteiger partial charge on any atom is 0.251 e. The summed E-state index contributed by atoms with van der Waals surface area (Å²) in [7, 11) is -3.56. The first-order chi connectivity index (χ1) is 12.7. The van der Waals surface area contributed by atoms with Crippen LogP contribution in [0.5, 0.6) is 5.75 Å². The molecule has 1 amide bonds. The van der Waals surface area contributed by atoms with Crippen molar-refractivity contribution < 1.29 is 17.9 Å². The highest BCUT2D eigenvalue weighted by Gasteiger charge is 2.16. The van der Waals surface area contributed by atoms with E-state index in [9.17, 15) is 13.2 Å². The quantitative estimate of drug-likeness (QED) is 0.679. The van der Waals surface area contributed by atoms with E-state index in [1.807, 2.05) is 32.0 Å². The third-order valence-electron chi connectivity index (χ3n) is 3.86. The van der Waals surface area contributed by atoms with Gasteiger partial charge in [-0.25, -0.2) is 13.1 Å². The molecule has 0 radical (unpaired) electrons. The highest BCUT2D eigenvalue weighted by atomic mass is 32.2. The van der Waals surface area contributed by atoms with Crippen LogP contribution in [0.2, 0.25) is 0 Å². The van der Waals surface area contributed by atoms with E-state index < -0.39 is 10.0 Å². The van der Waals surface area contributed by atoms with Crippen LogP contribution in [0.3, 0.4) is 0 Å². The minimum atomic E-state index is -3.56. The lowest BCUT2D eigenvalue weighted by Gasteiger charge is -2.12. The molecule has 0 fully saturated rings. The Hall–Kier alpha value is -2.38. The third-order valence-corrected chi connectivity index (χ3v) is 5.53. The zero-order valence-electron chi connectivity index (χ0n) is 16.1. The number of para-hydroxylation sites is 1. The summed E-state index contributed by atoms with van der Waals surface area (Å²) in [6, 6.07) is 11.6. The molecule has 27 heavy (non-hydrogen) atoms. The van der Waals surface area contributed by atoms with Crippen LogP contribution in [-0.2, 0) is 10.0 Å². The van der Waals surface area contributed by atoms with Crippen molar-refractivity contribution in [1.82, 2.24) is 10.0 Å². The largest absolute Gasteiger partial charge is 0.491 e. The lowest BCUT2D eigenvalue weighted by Crippen LogP contribution is -2.30. The van der Waals surface area contributed by atoms with E-state index >= 15 is 0 Å². The standard InChI is InChI=1S/C20H26N2O4S/c1-14(2)22-27(24,25)18-10-8-17(9-11-18)20(23)21-12-13-26-19-15(3)6-5-7-16(19)4/h5-11,14,22H,12-13H2,1-4H3,(H,21,23). The van der Waals surface area contributed by atoms with Crippen molar-refractivity contribution in [3.05, 3.63) is 59.2 Å². The molecule has 2 N–H and O–H groups in total. The van der Waals surface area contributed by atoms with E-state index in [0.29, 0.717) is 18.7 Å². The summed E-state index contributed by atoms with van der Waals surface area (Å²) in [6.07, 6.45) is 0. The Morgan fingerprint density at radius 1 is 1.04 bits per heavy atom. The van der Waals surface area contributed by atoms with Crippen LogP contribution in [0, 0.1) is 13.8 Å². The molecule has 6 nitrogen and oxygen atoms in total. The van der Waals surface area contributed by atoms with Gasteiger partial charge in [0.05, 0.1) is 11.4 Å². The lowest BCUT2D eigenvalue weighted by molar-refractivity contribution is 0.0947. The summed E-state index contributed by atoms with van der Waals surface area (Å²) in [6.45, 7) is 8.15. The highest BCUT2D eigenvalue weighted by molar-refractivity contribution is 7.89. The van der Waals surface area contributed by atoms with Gasteiger partial charge in [0.2, 0.25) is 10.0 Å². The molecule has 0 saturated carbocycles. The average Bonchev–Trinajstić information content (AvgIpc) is 2.59. The summed E-state index contributed by atoms with van der Waals surface area (Å²) in [5.74, 6) is 0.555. The van der Waals surface area contributed by atoms with Gasteiger partial charge in [0.15, 0.2) is 0 Å². The topological polar surface area (TPSA) is 84.5 Å². The number of sulfonamides is 1. The zero-order chi connectivity index (χ0) is 20.0. The second-order valence-electron chi connectivity index (χ2n) is 6.63. The summed E-state index contributed by atoms with van der Waals surface area (Å²) >= 11 is 0. The number of rotatable bonds is 8. The van der Waals surface area contributed by atoms with Crippen molar-refractivity contribution in [1.29, 1.82) is 0 Å². The molecule has 0 aliphatic rings. The van der Waals surface area contributed by atoms with Crippen molar-refractivity contribution in [2.24, 2.45) is 0 Å². The Morgan fingerprint density at radius 2 is 1.63 bits per heavy atom. The first kappa shape index (κ1) is 20.9. The van der Waals surface area contributed by atoms with Crippen LogP contribution >= 0.6 is 0 Å². The van der Waals surface area contributed by atoms with Crippen LogP contribution in [0.4, 0.5) is 0 Å². The molecule has 0 unspecified atom stereocenters. The molecule has 0 aliphatic carbocycles. The third kappa shape index (κ3) is 5.80. The van der Waals surface area contributed by atoms with Gasteiger partial charge in [-0.2, -0.15) is 0 Å². The van der Waals surface area contributed by atoms with Gasteiger partial charge in [-0.1, -0.05) is 18.2 Å². The zero-order valence-corrected chi connectivity index (χ0v) is 16.9. The van der Waals surface area contributed by atoms with Crippen LogP contribution in [0.25, 0.3) is 0 Å². The van der Waals surface area contributed by atoms with Crippen LogP contribution in [-0.4, -0.2) is 33.5 Å². The van der Waals surface area contributed by atoms with Crippen LogP contribution in [0.1, 0.15) is 35.3 Å². The second kappa shape index (κ2) is 9.01. The number of amides is 1. The number of aryl methyl sites for hydroxylation is 2. The molecule has 2 aromatic rings. The van der Waals surface area contributed by atoms with Crippen LogP contribution in [0.15, 0.2) is 47.4 Å². The number of carbonyl (C=O) groups is 1. The van der Waals surface area contributed by atoms with Gasteiger partial charge in [0, 0.05) is 11.6 Å². The number of hydrogen-bond acceptors (Lipinski definition) is 4. The van der Waals surface area contributed by atoms with Crippen molar-refractivity contribution in [2.45, 2.75) is 38.6 Å². The van der Waals surface area contributed by atoms with E-state index in [2.05, 4.69) is 10.0 Å². The Morgan fingerprint density at radius 3 is 2.19 bits per heavy atom. The predicted molar refractivity (Wildman–Crippen MR) is 106 cm³/mol. The first-order valence-electron chi connectivity index (χ1n) is 8.80. The van der Waals surface area contributed by atoms with E-state index in [4.69, 9.17) is 4.74 Å². The minimum Gasteiger partial charge on any atom is -0.491 e. The number of benzene rings is 2. The fourth-order valence-electron chi connectivity index (χ4n) is 2.61. The average molecular weight is 391 g/mol. The number of ether oxygens (including phenoxy) is 1. The van der Waals surface area contributed by atoms with E-state index in [-0.39, 0.29) is 16.8 Å². The number of hydrogen-bond donors (Lipinski definition) is 2. The molecule has 2 aromatic carbocycles. The van der Waals surface area contributed by atoms with Crippen LogP contribution < -0.4 is 14.8 Å². The summed E-state index contributed by atoms with van der Waals surface area (Å²) in [4.78, 5) is 12.3. The van der Waals surface area contributed by atoms with Gasteiger partial charge in [0.25, 0.3) is 5.91 Å². The molecule has 0 aliphatic heterocycles. The smallest absolute Gasteiger partial charge is 0.251 e. The molecule has 0 saturated heterocycles. The number of nitrogens with one attached hydrogen (secondary N) is 2. The minimum absolute atomic E-state index is 0.131. The molecule has 0 heterocycles. The SMILES string of the molecule is Cc1cccc(C)c1OCCNC(=O)c1ccc(S(=O)(=O)NC(C)C)cc1.